The van der Waals surface area contributed by atoms with E-state index in [0.29, 0.717) is 0 Å². The summed E-state index contributed by atoms with van der Waals surface area (Å²) < 4.78 is 0. The van der Waals surface area contributed by atoms with Gasteiger partial charge in [-0.2, -0.15) is 0 Å². The van der Waals surface area contributed by atoms with E-state index in [0.717, 1.165) is 22.8 Å². The average Bonchev–Trinajstić information content (AvgIpc) is 0.734. The highest BCUT2D eigenvalue weighted by molar-refractivity contribution is 5.68. The molecule has 0 saturated heterocycles. The van der Waals surface area contributed by atoms with Crippen molar-refractivity contribution in [1.82, 2.24) is 39.9 Å². The number of hydrogen-bond acceptors (Lipinski definition) is 8. The van der Waals surface area contributed by atoms with E-state index in [4.69, 9.17) is 0 Å². The molecule has 104 heavy (non-hydrogen) atoms. The van der Waals surface area contributed by atoms with Crippen LogP contribution in [0.2, 0.25) is 0 Å². The molecule has 8 heterocycles. The highest BCUT2D eigenvalue weighted by Crippen LogP contribution is 2.25. The molecule has 16 rings (SSSR count). The van der Waals surface area contributed by atoms with Crippen LogP contribution in [0, 0.1) is 55.4 Å². The molecule has 8 aromatic carbocycles. The molecular formula is C96H88N8. The molecule has 0 aliphatic carbocycles. The van der Waals surface area contributed by atoms with Crippen LogP contribution >= 0.6 is 0 Å². The number of aryl methyl sites for hydroxylation is 8. The Hall–Kier alpha value is -13.0. The summed E-state index contributed by atoms with van der Waals surface area (Å²) in [6, 6.07) is 107. The van der Waals surface area contributed by atoms with Crippen molar-refractivity contribution in [2.24, 2.45) is 0 Å². The first-order valence-electron chi connectivity index (χ1n) is 34.7. The first kappa shape index (κ1) is 75.2. The Labute approximate surface area is 615 Å². The van der Waals surface area contributed by atoms with Gasteiger partial charge in [-0.15, -0.1) is 0 Å². The molecule has 512 valence electrons. The lowest BCUT2D eigenvalue weighted by molar-refractivity contribution is 1.21. The van der Waals surface area contributed by atoms with E-state index in [-0.39, 0.29) is 0 Å². The fourth-order valence-corrected chi connectivity index (χ4v) is 10.7. The summed E-state index contributed by atoms with van der Waals surface area (Å²) in [7, 11) is 0. The highest BCUT2D eigenvalue weighted by atomic mass is 14.7. The van der Waals surface area contributed by atoms with Gasteiger partial charge in [0, 0.05) is 102 Å². The smallest absolute Gasteiger partial charge is 0.0731 e. The van der Waals surface area contributed by atoms with Gasteiger partial charge in [0.15, 0.2) is 0 Å². The minimum absolute atomic E-state index is 1.04. The van der Waals surface area contributed by atoms with Crippen LogP contribution in [0.3, 0.4) is 0 Å². The normalized spacial score (nSPS) is 9.92. The number of nitrogens with zero attached hydrogens (tertiary/aromatic N) is 8. The predicted molar refractivity (Wildman–Crippen MR) is 435 cm³/mol. The van der Waals surface area contributed by atoms with E-state index >= 15 is 0 Å². The number of aromatic nitrogens is 8. The number of pyridine rings is 8. The average molecular weight is 1350 g/mol. The Morgan fingerprint density at radius 3 is 1.07 bits per heavy atom. The first-order valence-corrected chi connectivity index (χ1v) is 34.7. The largest absolute Gasteiger partial charge is 0.265 e. The lowest BCUT2D eigenvalue weighted by Gasteiger charge is -2.03. The molecule has 0 aliphatic rings. The van der Waals surface area contributed by atoms with Crippen molar-refractivity contribution in [3.8, 4) is 89.4 Å². The molecule has 0 atom stereocenters. The van der Waals surface area contributed by atoms with E-state index in [1.807, 2.05) is 190 Å². The SMILES string of the molecule is Cc1ccc(-c2cccnc2)cc1.Cc1ccc(-c2ccncc2)cc1.Cc1cccc(-c2ccccc2)n1.Cc1cccc(-c2cccnc2)c1.Cc1cccc(-c2ccncc2)c1.Cc1ccccc1-c1cccnc1.Cc1cccnc1-c1ccccc1.Cc1ccnc(-c2ccccc2)c1. The van der Waals surface area contributed by atoms with Crippen LogP contribution in [0.4, 0.5) is 0 Å². The van der Waals surface area contributed by atoms with Crippen molar-refractivity contribution < 1.29 is 0 Å². The maximum absolute atomic E-state index is 4.44. The predicted octanol–water partition coefficient (Wildman–Crippen LogP) is 24.5. The van der Waals surface area contributed by atoms with Gasteiger partial charge in [-0.3, -0.25) is 39.9 Å². The lowest BCUT2D eigenvalue weighted by Crippen LogP contribution is -1.85. The van der Waals surface area contributed by atoms with Crippen LogP contribution < -0.4 is 0 Å². The van der Waals surface area contributed by atoms with E-state index in [2.05, 4.69) is 276 Å². The second kappa shape index (κ2) is 41.5. The Morgan fingerprint density at radius 2 is 0.587 bits per heavy atom. The zero-order chi connectivity index (χ0) is 72.8. The van der Waals surface area contributed by atoms with E-state index < -0.39 is 0 Å². The maximum Gasteiger partial charge on any atom is 0.0731 e. The Balaban J connectivity index is 0.000000138. The van der Waals surface area contributed by atoms with Gasteiger partial charge in [0.05, 0.1) is 17.1 Å². The van der Waals surface area contributed by atoms with Crippen LogP contribution in [-0.4, -0.2) is 39.9 Å². The van der Waals surface area contributed by atoms with Gasteiger partial charge in [-0.25, -0.2) is 0 Å². The zero-order valence-electron chi connectivity index (χ0n) is 60.5. The van der Waals surface area contributed by atoms with Crippen molar-refractivity contribution in [2.75, 3.05) is 0 Å². The van der Waals surface area contributed by atoms with Crippen LogP contribution in [0.1, 0.15) is 44.6 Å². The summed E-state index contributed by atoms with van der Waals surface area (Å²) in [6.07, 6.45) is 22.0. The van der Waals surface area contributed by atoms with Gasteiger partial charge in [-0.05, 0) is 195 Å². The minimum Gasteiger partial charge on any atom is -0.265 e. The monoisotopic (exact) mass is 1350 g/mol. The molecule has 8 heteroatoms. The molecule has 8 nitrogen and oxygen atoms in total. The molecular weight excluding hydrogens is 1270 g/mol. The lowest BCUT2D eigenvalue weighted by atomic mass is 10.0. The zero-order valence-corrected chi connectivity index (χ0v) is 60.5. The summed E-state index contributed by atoms with van der Waals surface area (Å²) >= 11 is 0. The quantitative estimate of drug-likeness (QED) is 0.148. The van der Waals surface area contributed by atoms with E-state index in [1.165, 1.54) is 111 Å². The number of hydrogen-bond donors (Lipinski definition) is 0. The molecule has 0 N–H and O–H groups in total. The molecule has 0 aliphatic heterocycles. The van der Waals surface area contributed by atoms with Gasteiger partial charge < -0.3 is 0 Å². The van der Waals surface area contributed by atoms with Crippen molar-refractivity contribution >= 4 is 0 Å². The van der Waals surface area contributed by atoms with Crippen molar-refractivity contribution in [3.63, 3.8) is 0 Å². The highest BCUT2D eigenvalue weighted by Gasteiger charge is 2.04. The maximum atomic E-state index is 4.44. The molecule has 0 fully saturated rings. The van der Waals surface area contributed by atoms with Gasteiger partial charge >= 0.3 is 0 Å². The third kappa shape index (κ3) is 25.3. The second-order valence-corrected chi connectivity index (χ2v) is 24.6. The third-order valence-corrected chi connectivity index (χ3v) is 16.3. The van der Waals surface area contributed by atoms with E-state index in [9.17, 15) is 0 Å². The number of benzene rings is 8. The Morgan fingerprint density at radius 1 is 0.192 bits per heavy atom. The summed E-state index contributed by atoms with van der Waals surface area (Å²) in [6.45, 7) is 16.7. The molecule has 0 saturated carbocycles. The molecule has 0 bridgehead atoms. The summed E-state index contributed by atoms with van der Waals surface area (Å²) in [5, 5.41) is 0. The fourth-order valence-electron chi connectivity index (χ4n) is 10.7. The van der Waals surface area contributed by atoms with E-state index in [1.54, 1.807) is 18.6 Å². The second-order valence-electron chi connectivity index (χ2n) is 24.6. The van der Waals surface area contributed by atoms with Gasteiger partial charge in [0.2, 0.25) is 0 Å². The Bertz CT molecular complexity index is 4570. The molecule has 0 radical (unpaired) electrons. The van der Waals surface area contributed by atoms with Crippen molar-refractivity contribution in [2.45, 2.75) is 55.4 Å². The standard InChI is InChI=1S/8C12H11N/c1-10-2-4-11(5-3-10)12-6-8-13-9-7-12;1-10-4-2-5-11(8-10)12-6-3-7-13-9-12;1-10-4-6-11(7-5-10)12-3-2-8-13-9-12;1-10-5-2-3-7-12(10)11-6-4-8-13-9-11;1-10-3-2-4-12(9-10)11-5-7-13-8-6-11;1-10-6-5-9-13-12(10)11-7-3-2-4-8-11;1-10-6-5-9-12(13-10)11-7-3-2-4-8-11;1-10-7-8-13-12(9-10)11-5-3-2-4-6-11/h8*2-9H,1H3. The molecule has 8 aromatic heterocycles. The minimum atomic E-state index is 1.04. The topological polar surface area (TPSA) is 103 Å². The summed E-state index contributed by atoms with van der Waals surface area (Å²) in [5.74, 6) is 0. The van der Waals surface area contributed by atoms with Crippen molar-refractivity contribution in [3.05, 3.63) is 434 Å². The molecule has 0 spiro atoms. The Kier molecular flexibility index (Phi) is 30.0. The van der Waals surface area contributed by atoms with Crippen LogP contribution in [-0.2, 0) is 0 Å². The van der Waals surface area contributed by atoms with Crippen LogP contribution in [0.15, 0.2) is 390 Å². The molecule has 16 aromatic rings. The van der Waals surface area contributed by atoms with Gasteiger partial charge in [0.1, 0.15) is 0 Å². The van der Waals surface area contributed by atoms with Crippen molar-refractivity contribution in [1.29, 1.82) is 0 Å². The fraction of sp³-hybridized carbons (Fsp3) is 0.0833. The first-order chi connectivity index (χ1) is 50.9. The number of rotatable bonds is 8. The third-order valence-electron chi connectivity index (χ3n) is 16.3. The summed E-state index contributed by atoms with van der Waals surface area (Å²) in [5.41, 5.74) is 28.8. The molecule has 0 unspecified atom stereocenters. The van der Waals surface area contributed by atoms with Crippen LogP contribution in [0.5, 0.6) is 0 Å². The van der Waals surface area contributed by atoms with Crippen LogP contribution in [0.25, 0.3) is 89.4 Å². The van der Waals surface area contributed by atoms with Gasteiger partial charge in [0.25, 0.3) is 0 Å². The summed E-state index contributed by atoms with van der Waals surface area (Å²) in [4.78, 5) is 33.4. The molecule has 0 amide bonds. The van der Waals surface area contributed by atoms with Gasteiger partial charge in [-0.1, -0.05) is 265 Å².